The van der Waals surface area contributed by atoms with E-state index >= 15 is 0 Å². The number of nitrogens with two attached hydrogens (primary N) is 1. The van der Waals surface area contributed by atoms with Crippen LogP contribution in [0.1, 0.15) is 25.8 Å². The lowest BCUT2D eigenvalue weighted by Crippen LogP contribution is -2.39. The summed E-state index contributed by atoms with van der Waals surface area (Å²) in [7, 11) is 0. The summed E-state index contributed by atoms with van der Waals surface area (Å²) < 4.78 is 0. The van der Waals surface area contributed by atoms with Gasteiger partial charge in [-0.2, -0.15) is 0 Å². The molecule has 6 heteroatoms. The van der Waals surface area contributed by atoms with Crippen LogP contribution >= 0.6 is 0 Å². The molecule has 3 N–H and O–H groups in total. The van der Waals surface area contributed by atoms with Crippen LogP contribution in [0.25, 0.3) is 0 Å². The average Bonchev–Trinajstić information content (AvgIpc) is 2.56. The lowest BCUT2D eigenvalue weighted by Gasteiger charge is -2.17. The van der Waals surface area contributed by atoms with E-state index in [-0.39, 0.29) is 24.8 Å². The third-order valence-electron chi connectivity index (χ3n) is 3.58. The molecule has 1 aliphatic heterocycles. The van der Waals surface area contributed by atoms with Crippen LogP contribution in [-0.4, -0.2) is 29.2 Å². The third kappa shape index (κ3) is 3.04. The number of rotatable bonds is 3. The maximum atomic E-state index is 12.0. The zero-order valence-corrected chi connectivity index (χ0v) is 12.4. The van der Waals surface area contributed by atoms with Crippen LogP contribution in [0.15, 0.2) is 18.2 Å². The molecule has 6 nitrogen and oxygen atoms in total. The fourth-order valence-corrected chi connectivity index (χ4v) is 2.25. The summed E-state index contributed by atoms with van der Waals surface area (Å²) in [6.07, 6.45) is 0.136. The van der Waals surface area contributed by atoms with Gasteiger partial charge in [-0.05, 0) is 24.6 Å². The van der Waals surface area contributed by atoms with Crippen molar-refractivity contribution < 1.29 is 14.4 Å². The minimum atomic E-state index is -0.731. The van der Waals surface area contributed by atoms with Crippen molar-refractivity contribution in [2.24, 2.45) is 5.41 Å². The van der Waals surface area contributed by atoms with Gasteiger partial charge in [-0.3, -0.25) is 19.3 Å². The SMILES string of the molecule is Cc1ccc(NC(=O)CN2C(=O)CC(C)(C)C2=O)cc1N. The molecule has 0 saturated carbocycles. The number of amides is 3. The summed E-state index contributed by atoms with van der Waals surface area (Å²) in [6.45, 7) is 5.00. The highest BCUT2D eigenvalue weighted by molar-refractivity contribution is 6.08. The summed E-state index contributed by atoms with van der Waals surface area (Å²) >= 11 is 0. The Bertz CT molecular complexity index is 623. The van der Waals surface area contributed by atoms with Crippen LogP contribution in [0.2, 0.25) is 0 Å². The van der Waals surface area contributed by atoms with Crippen LogP contribution in [-0.2, 0) is 14.4 Å². The fraction of sp³-hybridized carbons (Fsp3) is 0.400. The van der Waals surface area contributed by atoms with Crippen LogP contribution in [0.3, 0.4) is 0 Å². The molecule has 112 valence electrons. The second-order valence-electron chi connectivity index (χ2n) is 5.97. The van der Waals surface area contributed by atoms with Gasteiger partial charge in [-0.25, -0.2) is 0 Å². The molecule has 0 atom stereocenters. The fourth-order valence-electron chi connectivity index (χ4n) is 2.25. The molecular formula is C15H19N3O3. The van der Waals surface area contributed by atoms with Crippen molar-refractivity contribution in [2.75, 3.05) is 17.6 Å². The lowest BCUT2D eigenvalue weighted by molar-refractivity contribution is -0.143. The number of nitrogens with one attached hydrogen (secondary N) is 1. The van der Waals surface area contributed by atoms with Crippen molar-refractivity contribution in [3.8, 4) is 0 Å². The number of benzene rings is 1. The third-order valence-corrected chi connectivity index (χ3v) is 3.58. The van der Waals surface area contributed by atoms with E-state index in [1.165, 1.54) is 0 Å². The molecule has 0 aliphatic carbocycles. The summed E-state index contributed by atoms with van der Waals surface area (Å²) in [5.74, 6) is -1.05. The van der Waals surface area contributed by atoms with E-state index in [9.17, 15) is 14.4 Å². The van der Waals surface area contributed by atoms with Gasteiger partial charge in [0.1, 0.15) is 6.54 Å². The molecule has 21 heavy (non-hydrogen) atoms. The van der Waals surface area contributed by atoms with Gasteiger partial charge in [0.2, 0.25) is 17.7 Å². The minimum absolute atomic E-state index is 0.136. The first kappa shape index (κ1) is 15.0. The number of aryl methyl sites for hydroxylation is 1. The van der Waals surface area contributed by atoms with E-state index < -0.39 is 11.3 Å². The number of likely N-dealkylation sites (tertiary alicyclic amines) is 1. The topological polar surface area (TPSA) is 92.5 Å². The number of anilines is 2. The highest BCUT2D eigenvalue weighted by atomic mass is 16.2. The van der Waals surface area contributed by atoms with Crippen molar-refractivity contribution in [3.63, 3.8) is 0 Å². The molecule has 2 rings (SSSR count). The average molecular weight is 289 g/mol. The summed E-state index contributed by atoms with van der Waals surface area (Å²) in [4.78, 5) is 36.8. The van der Waals surface area contributed by atoms with Crippen LogP contribution < -0.4 is 11.1 Å². The molecule has 0 aromatic heterocycles. The number of carbonyl (C=O) groups excluding carboxylic acids is 3. The maximum Gasteiger partial charge on any atom is 0.244 e. The predicted molar refractivity (Wildman–Crippen MR) is 79.3 cm³/mol. The van der Waals surface area contributed by atoms with Gasteiger partial charge in [0, 0.05) is 17.8 Å². The molecule has 1 heterocycles. The Morgan fingerprint density at radius 2 is 2.05 bits per heavy atom. The van der Waals surface area contributed by atoms with Gasteiger partial charge in [0.05, 0.1) is 5.41 Å². The summed E-state index contributed by atoms with van der Waals surface area (Å²) in [5, 5.41) is 2.64. The predicted octanol–water partition coefficient (Wildman–Crippen LogP) is 1.30. The number of hydrogen-bond acceptors (Lipinski definition) is 4. The molecule has 0 bridgehead atoms. The van der Waals surface area contributed by atoms with Gasteiger partial charge >= 0.3 is 0 Å². The first-order chi connectivity index (χ1) is 9.70. The van der Waals surface area contributed by atoms with E-state index in [1.807, 2.05) is 6.92 Å². The first-order valence-electron chi connectivity index (χ1n) is 6.71. The summed E-state index contributed by atoms with van der Waals surface area (Å²) in [5.41, 5.74) is 7.07. The van der Waals surface area contributed by atoms with Crippen LogP contribution in [0.5, 0.6) is 0 Å². The Hall–Kier alpha value is -2.37. The Morgan fingerprint density at radius 1 is 1.38 bits per heavy atom. The minimum Gasteiger partial charge on any atom is -0.398 e. The first-order valence-corrected chi connectivity index (χ1v) is 6.71. The Kier molecular flexibility index (Phi) is 3.72. The smallest absolute Gasteiger partial charge is 0.244 e. The second-order valence-corrected chi connectivity index (χ2v) is 5.97. The zero-order valence-electron chi connectivity index (χ0n) is 12.4. The van der Waals surface area contributed by atoms with Crippen LogP contribution in [0.4, 0.5) is 11.4 Å². The van der Waals surface area contributed by atoms with E-state index in [0.29, 0.717) is 11.4 Å². The number of hydrogen-bond donors (Lipinski definition) is 2. The highest BCUT2D eigenvalue weighted by Crippen LogP contribution is 2.31. The quantitative estimate of drug-likeness (QED) is 0.648. The second kappa shape index (κ2) is 5.20. The molecule has 1 aromatic rings. The molecule has 1 saturated heterocycles. The zero-order chi connectivity index (χ0) is 15.8. The van der Waals surface area contributed by atoms with Crippen molar-refractivity contribution >= 4 is 29.1 Å². The molecule has 0 radical (unpaired) electrons. The van der Waals surface area contributed by atoms with Gasteiger partial charge < -0.3 is 11.1 Å². The number of nitrogen functional groups attached to an aromatic ring is 1. The number of imide groups is 1. The highest BCUT2D eigenvalue weighted by Gasteiger charge is 2.45. The molecule has 1 aliphatic rings. The Balaban J connectivity index is 2.04. The molecule has 3 amide bonds. The molecule has 1 aromatic carbocycles. The van der Waals surface area contributed by atoms with Crippen molar-refractivity contribution in [2.45, 2.75) is 27.2 Å². The maximum absolute atomic E-state index is 12.0. The van der Waals surface area contributed by atoms with Gasteiger partial charge in [-0.15, -0.1) is 0 Å². The number of nitrogens with zero attached hydrogens (tertiary/aromatic N) is 1. The molecule has 0 unspecified atom stereocenters. The molecule has 0 spiro atoms. The van der Waals surface area contributed by atoms with E-state index in [4.69, 9.17) is 5.73 Å². The summed E-state index contributed by atoms with van der Waals surface area (Å²) in [6, 6.07) is 5.16. The van der Waals surface area contributed by atoms with Gasteiger partial charge in [0.15, 0.2) is 0 Å². The van der Waals surface area contributed by atoms with E-state index in [0.717, 1.165) is 10.5 Å². The molecular weight excluding hydrogens is 270 g/mol. The van der Waals surface area contributed by atoms with E-state index in [2.05, 4.69) is 5.32 Å². The van der Waals surface area contributed by atoms with Gasteiger partial charge in [-0.1, -0.05) is 19.9 Å². The largest absolute Gasteiger partial charge is 0.398 e. The monoisotopic (exact) mass is 289 g/mol. The number of carbonyl (C=O) groups is 3. The van der Waals surface area contributed by atoms with E-state index in [1.54, 1.807) is 32.0 Å². The van der Waals surface area contributed by atoms with Crippen molar-refractivity contribution in [1.29, 1.82) is 0 Å². The normalized spacial score (nSPS) is 17.2. The van der Waals surface area contributed by atoms with Crippen molar-refractivity contribution in [1.82, 2.24) is 4.90 Å². The van der Waals surface area contributed by atoms with Crippen LogP contribution in [0, 0.1) is 12.3 Å². The van der Waals surface area contributed by atoms with Crippen molar-refractivity contribution in [3.05, 3.63) is 23.8 Å². The Labute approximate surface area is 123 Å². The standard InChI is InChI=1S/C15H19N3O3/c1-9-4-5-10(6-11(9)16)17-12(19)8-18-13(20)7-15(2,3)14(18)21/h4-6H,7-8,16H2,1-3H3,(H,17,19). The lowest BCUT2D eigenvalue weighted by atomic mass is 9.92. The molecule has 1 fully saturated rings. The Morgan fingerprint density at radius 3 is 2.57 bits per heavy atom. The van der Waals surface area contributed by atoms with Gasteiger partial charge in [0.25, 0.3) is 0 Å².